The topological polar surface area (TPSA) is 110 Å². The van der Waals surface area contributed by atoms with E-state index in [9.17, 15) is 18.8 Å². The van der Waals surface area contributed by atoms with Gasteiger partial charge in [-0.25, -0.2) is 9.18 Å². The molecule has 2 aromatic rings. The van der Waals surface area contributed by atoms with Gasteiger partial charge in [0.15, 0.2) is 12.3 Å². The molecule has 30 heavy (non-hydrogen) atoms. The molecular weight excluding hydrogens is 415 g/mol. The van der Waals surface area contributed by atoms with Crippen LogP contribution in [0.25, 0.3) is 0 Å². The van der Waals surface area contributed by atoms with E-state index in [1.165, 1.54) is 21.6 Å². The Morgan fingerprint density at radius 1 is 1.37 bits per heavy atom. The highest BCUT2D eigenvalue weighted by Gasteiger charge is 2.24. The molecule has 0 unspecified atom stereocenters. The molecule has 2 rings (SSSR count). The Morgan fingerprint density at radius 2 is 2.07 bits per heavy atom. The van der Waals surface area contributed by atoms with Crippen LogP contribution in [-0.2, 0) is 11.3 Å². The lowest BCUT2D eigenvalue weighted by molar-refractivity contribution is -0.120. The van der Waals surface area contributed by atoms with E-state index in [1.807, 2.05) is 20.8 Å². The number of carbonyl (C=O) groups is 1. The molecule has 1 heterocycles. The summed E-state index contributed by atoms with van der Waals surface area (Å²) in [5.41, 5.74) is 4.67. The van der Waals surface area contributed by atoms with Gasteiger partial charge in [-0.05, 0) is 24.5 Å². The SMILES string of the molecule is CCCCN(C(=O)COc1ccc(F)c(Cl)c1)c1c(N)n(CC(C)C)c(=O)[nH]c1=O. The Bertz CT molecular complexity index is 1020. The number of nitrogens with one attached hydrogen (secondary N) is 1. The van der Waals surface area contributed by atoms with Crippen molar-refractivity contribution in [2.75, 3.05) is 23.8 Å². The second-order valence-electron chi connectivity index (χ2n) is 7.26. The molecule has 0 spiro atoms. The molecule has 0 aliphatic heterocycles. The molecule has 10 heteroatoms. The summed E-state index contributed by atoms with van der Waals surface area (Å²) in [5, 5.41) is -0.135. The van der Waals surface area contributed by atoms with E-state index in [1.54, 1.807) is 0 Å². The Hall–Kier alpha value is -2.81. The third kappa shape index (κ3) is 5.63. The van der Waals surface area contributed by atoms with Gasteiger partial charge in [0.1, 0.15) is 17.4 Å². The van der Waals surface area contributed by atoms with Crippen LogP contribution >= 0.6 is 11.6 Å². The first kappa shape index (κ1) is 23.5. The maximum Gasteiger partial charge on any atom is 0.330 e. The van der Waals surface area contributed by atoms with Gasteiger partial charge in [-0.2, -0.15) is 0 Å². The van der Waals surface area contributed by atoms with E-state index in [0.717, 1.165) is 12.5 Å². The number of nitrogen functional groups attached to an aromatic ring is 1. The fourth-order valence-electron chi connectivity index (χ4n) is 2.85. The van der Waals surface area contributed by atoms with E-state index in [2.05, 4.69) is 4.98 Å². The molecule has 8 nitrogen and oxygen atoms in total. The van der Waals surface area contributed by atoms with Crippen molar-refractivity contribution in [3.63, 3.8) is 0 Å². The minimum Gasteiger partial charge on any atom is -0.484 e. The van der Waals surface area contributed by atoms with Crippen molar-refractivity contribution in [2.45, 2.75) is 40.2 Å². The molecule has 0 fully saturated rings. The monoisotopic (exact) mass is 440 g/mol. The second-order valence-corrected chi connectivity index (χ2v) is 7.67. The lowest BCUT2D eigenvalue weighted by Gasteiger charge is -2.25. The van der Waals surface area contributed by atoms with Crippen LogP contribution in [0.5, 0.6) is 5.75 Å². The molecule has 0 aliphatic carbocycles. The number of amides is 1. The molecule has 1 aromatic carbocycles. The predicted molar refractivity (Wildman–Crippen MR) is 115 cm³/mol. The summed E-state index contributed by atoms with van der Waals surface area (Å²) in [6.45, 7) is 5.82. The molecule has 0 radical (unpaired) electrons. The van der Waals surface area contributed by atoms with Crippen LogP contribution in [0.15, 0.2) is 27.8 Å². The van der Waals surface area contributed by atoms with Gasteiger partial charge in [0.25, 0.3) is 11.5 Å². The van der Waals surface area contributed by atoms with Crippen LogP contribution in [0.2, 0.25) is 5.02 Å². The molecule has 164 valence electrons. The number of ether oxygens (including phenoxy) is 1. The number of H-pyrrole nitrogens is 1. The number of anilines is 2. The lowest BCUT2D eigenvalue weighted by atomic mass is 10.2. The molecule has 0 aliphatic rings. The van der Waals surface area contributed by atoms with E-state index in [0.29, 0.717) is 6.42 Å². The quantitative estimate of drug-likeness (QED) is 0.623. The van der Waals surface area contributed by atoms with Crippen LogP contribution in [-0.4, -0.2) is 28.6 Å². The average Bonchev–Trinajstić information content (AvgIpc) is 2.68. The third-order valence-corrected chi connectivity index (χ3v) is 4.61. The largest absolute Gasteiger partial charge is 0.484 e. The van der Waals surface area contributed by atoms with E-state index >= 15 is 0 Å². The summed E-state index contributed by atoms with van der Waals surface area (Å²) in [6, 6.07) is 3.72. The number of nitrogens with two attached hydrogens (primary N) is 1. The first-order valence-electron chi connectivity index (χ1n) is 9.66. The number of halogens is 2. The van der Waals surface area contributed by atoms with Gasteiger partial charge in [-0.1, -0.05) is 38.8 Å². The number of hydrogen-bond acceptors (Lipinski definition) is 5. The number of hydrogen-bond donors (Lipinski definition) is 2. The summed E-state index contributed by atoms with van der Waals surface area (Å²) in [4.78, 5) is 41.1. The van der Waals surface area contributed by atoms with Crippen LogP contribution in [0, 0.1) is 11.7 Å². The molecule has 1 amide bonds. The summed E-state index contributed by atoms with van der Waals surface area (Å²) in [7, 11) is 0. The van der Waals surface area contributed by atoms with Crippen LogP contribution < -0.4 is 26.6 Å². The predicted octanol–water partition coefficient (Wildman–Crippen LogP) is 2.78. The molecule has 0 bridgehead atoms. The zero-order chi connectivity index (χ0) is 22.4. The summed E-state index contributed by atoms with van der Waals surface area (Å²) >= 11 is 5.73. The standard InChI is InChI=1S/C20H26ClFN4O4/c1-4-5-8-25(16(27)11-30-13-6-7-15(22)14(21)9-13)17-18(23)26(10-12(2)3)20(29)24-19(17)28/h6-7,9,12H,4-5,8,10-11,23H2,1-3H3,(H,24,28,29). The first-order chi connectivity index (χ1) is 14.1. The number of unbranched alkanes of at least 4 members (excludes halogenated alkanes) is 1. The number of aromatic nitrogens is 2. The fourth-order valence-corrected chi connectivity index (χ4v) is 3.02. The number of benzene rings is 1. The van der Waals surface area contributed by atoms with Gasteiger partial charge >= 0.3 is 5.69 Å². The Kier molecular flexibility index (Phi) is 8.05. The fraction of sp³-hybridized carbons (Fsp3) is 0.450. The van der Waals surface area contributed by atoms with Crippen molar-refractivity contribution in [1.82, 2.24) is 9.55 Å². The van der Waals surface area contributed by atoms with Gasteiger partial charge in [0, 0.05) is 19.2 Å². The minimum atomic E-state index is -0.744. The summed E-state index contributed by atoms with van der Waals surface area (Å²) in [5.74, 6) is -0.916. The normalized spacial score (nSPS) is 11.0. The van der Waals surface area contributed by atoms with Gasteiger partial charge in [0.05, 0.1) is 5.02 Å². The smallest absolute Gasteiger partial charge is 0.330 e. The summed E-state index contributed by atoms with van der Waals surface area (Å²) < 4.78 is 20.0. The van der Waals surface area contributed by atoms with Crippen molar-refractivity contribution >= 4 is 29.0 Å². The van der Waals surface area contributed by atoms with Gasteiger partial charge < -0.3 is 15.4 Å². The molecule has 0 atom stereocenters. The molecule has 0 saturated heterocycles. The van der Waals surface area contributed by atoms with Crippen LogP contribution in [0.4, 0.5) is 15.9 Å². The number of rotatable bonds is 9. The van der Waals surface area contributed by atoms with Crippen molar-refractivity contribution in [3.05, 3.63) is 49.9 Å². The van der Waals surface area contributed by atoms with Crippen LogP contribution in [0.3, 0.4) is 0 Å². The second kappa shape index (κ2) is 10.3. The summed E-state index contributed by atoms with van der Waals surface area (Å²) in [6.07, 6.45) is 1.37. The average molecular weight is 441 g/mol. The first-order valence-corrected chi connectivity index (χ1v) is 10.0. The zero-order valence-electron chi connectivity index (χ0n) is 17.2. The Balaban J connectivity index is 2.36. The highest BCUT2D eigenvalue weighted by atomic mass is 35.5. The van der Waals surface area contributed by atoms with Crippen molar-refractivity contribution in [2.24, 2.45) is 5.92 Å². The van der Waals surface area contributed by atoms with Crippen LogP contribution in [0.1, 0.15) is 33.6 Å². The molecule has 0 saturated carbocycles. The van der Waals surface area contributed by atoms with E-state index < -0.39 is 29.6 Å². The van der Waals surface area contributed by atoms with E-state index in [4.69, 9.17) is 22.1 Å². The van der Waals surface area contributed by atoms with E-state index in [-0.39, 0.29) is 41.3 Å². The highest BCUT2D eigenvalue weighted by molar-refractivity contribution is 6.30. The maximum atomic E-state index is 13.3. The van der Waals surface area contributed by atoms with Crippen molar-refractivity contribution in [3.8, 4) is 5.75 Å². The number of aromatic amines is 1. The highest BCUT2D eigenvalue weighted by Crippen LogP contribution is 2.22. The van der Waals surface area contributed by atoms with Gasteiger partial charge in [0.2, 0.25) is 0 Å². The lowest BCUT2D eigenvalue weighted by Crippen LogP contribution is -2.43. The zero-order valence-corrected chi connectivity index (χ0v) is 18.0. The van der Waals surface area contributed by atoms with Crippen molar-refractivity contribution in [1.29, 1.82) is 0 Å². The molecular formula is C20H26ClFN4O4. The number of nitrogens with zero attached hydrogens (tertiary/aromatic N) is 2. The third-order valence-electron chi connectivity index (χ3n) is 4.32. The van der Waals surface area contributed by atoms with Gasteiger partial charge in [-0.3, -0.25) is 19.1 Å². The van der Waals surface area contributed by atoms with Gasteiger partial charge in [-0.15, -0.1) is 0 Å². The van der Waals surface area contributed by atoms with Crippen molar-refractivity contribution < 1.29 is 13.9 Å². The Morgan fingerprint density at radius 3 is 2.67 bits per heavy atom. The number of carbonyl (C=O) groups excluding carboxylic acids is 1. The molecule has 1 aromatic heterocycles. The minimum absolute atomic E-state index is 0.0771. The maximum absolute atomic E-state index is 13.3. The Labute approximate surface area is 178 Å². The molecule has 3 N–H and O–H groups in total.